The normalized spacial score (nSPS) is 23.7. The number of hydrogen-bond acceptors (Lipinski definition) is 10. The Labute approximate surface area is 209 Å². The number of hydrogen-bond donors (Lipinski definition) is 2. The van der Waals surface area contributed by atoms with Gasteiger partial charge in [-0.15, -0.1) is 0 Å². The summed E-state index contributed by atoms with van der Waals surface area (Å²) >= 11 is 2.04. The first-order chi connectivity index (χ1) is 16.0. The predicted octanol–water partition coefficient (Wildman–Crippen LogP) is 1.50. The topological polar surface area (TPSA) is 156 Å². The van der Waals surface area contributed by atoms with Crippen LogP contribution in [-0.2, 0) is 42.9 Å². The lowest BCUT2D eigenvalue weighted by Gasteiger charge is -2.44. The average Bonchev–Trinajstić information content (AvgIpc) is 2.71. The summed E-state index contributed by atoms with van der Waals surface area (Å²) in [5.41, 5.74) is 0.506. The maximum Gasteiger partial charge on any atom is 0.321 e. The molecule has 5 atom stereocenters. The smallest absolute Gasteiger partial charge is 0.321 e. The van der Waals surface area contributed by atoms with Crippen LogP contribution in [0.1, 0.15) is 27.7 Å². The lowest BCUT2D eigenvalue weighted by Crippen LogP contribution is -2.66. The van der Waals surface area contributed by atoms with Crippen molar-refractivity contribution in [1.29, 1.82) is 0 Å². The highest BCUT2D eigenvalue weighted by molar-refractivity contribution is 14.1. The molecule has 1 aliphatic rings. The molecule has 34 heavy (non-hydrogen) atoms. The van der Waals surface area contributed by atoms with Gasteiger partial charge in [0.2, 0.25) is 0 Å². The van der Waals surface area contributed by atoms with Gasteiger partial charge < -0.3 is 34.3 Å². The Morgan fingerprint density at radius 1 is 0.853 bits per heavy atom. The number of urea groups is 1. The van der Waals surface area contributed by atoms with Crippen molar-refractivity contribution in [2.45, 2.75) is 58.3 Å². The molecule has 186 valence electrons. The van der Waals surface area contributed by atoms with Gasteiger partial charge in [0.05, 0.1) is 5.69 Å². The van der Waals surface area contributed by atoms with Crippen LogP contribution < -0.4 is 10.6 Å². The number of benzene rings is 1. The summed E-state index contributed by atoms with van der Waals surface area (Å²) in [6, 6.07) is 6.26. The van der Waals surface area contributed by atoms with Crippen molar-refractivity contribution in [2.75, 3.05) is 11.9 Å². The van der Waals surface area contributed by atoms with Crippen LogP contribution in [0.25, 0.3) is 0 Å². The summed E-state index contributed by atoms with van der Waals surface area (Å²) in [4.78, 5) is 59.4. The zero-order chi connectivity index (χ0) is 25.4. The molecule has 13 heteroatoms. The third kappa shape index (κ3) is 8.13. The van der Waals surface area contributed by atoms with E-state index in [4.69, 9.17) is 23.7 Å². The van der Waals surface area contributed by atoms with Gasteiger partial charge in [-0.05, 0) is 34.7 Å². The molecule has 1 saturated heterocycles. The number of esters is 4. The number of rotatable bonds is 7. The fourth-order valence-electron chi connectivity index (χ4n) is 3.19. The third-order valence-corrected chi connectivity index (χ3v) is 5.33. The van der Waals surface area contributed by atoms with Crippen LogP contribution >= 0.6 is 22.6 Å². The quantitative estimate of drug-likeness (QED) is 0.270. The monoisotopic (exact) mass is 592 g/mol. The molecule has 0 spiro atoms. The predicted molar refractivity (Wildman–Crippen MR) is 123 cm³/mol. The van der Waals surface area contributed by atoms with Gasteiger partial charge in [-0.25, -0.2) is 4.79 Å². The molecule has 0 aromatic heterocycles. The summed E-state index contributed by atoms with van der Waals surface area (Å²) in [7, 11) is 0. The molecule has 1 heterocycles. The third-order valence-electron chi connectivity index (χ3n) is 4.39. The van der Waals surface area contributed by atoms with Gasteiger partial charge in [-0.3, -0.25) is 19.2 Å². The number of ether oxygens (including phenoxy) is 5. The zero-order valence-corrected chi connectivity index (χ0v) is 21.0. The highest BCUT2D eigenvalue weighted by Gasteiger charge is 2.52. The Hall–Kier alpha value is -2.94. The number of amides is 2. The lowest BCUT2D eigenvalue weighted by atomic mass is 9.97. The number of nitrogens with one attached hydrogen (secondary N) is 2. The Bertz CT molecular complexity index is 940. The minimum atomic E-state index is -1.39. The van der Waals surface area contributed by atoms with E-state index in [-0.39, 0.29) is 0 Å². The van der Waals surface area contributed by atoms with Gasteiger partial charge in [0.25, 0.3) is 0 Å². The highest BCUT2D eigenvalue weighted by atomic mass is 127. The fraction of sp³-hybridized carbons (Fsp3) is 0.476. The van der Waals surface area contributed by atoms with E-state index in [1.807, 2.05) is 22.6 Å². The first kappa shape index (κ1) is 27.3. The second kappa shape index (κ2) is 12.5. The van der Waals surface area contributed by atoms with Gasteiger partial charge in [0.1, 0.15) is 12.7 Å². The average molecular weight is 592 g/mol. The van der Waals surface area contributed by atoms with Crippen LogP contribution in [-0.4, -0.2) is 67.2 Å². The van der Waals surface area contributed by atoms with E-state index in [0.717, 1.165) is 24.3 Å². The van der Waals surface area contributed by atoms with E-state index in [2.05, 4.69) is 10.6 Å². The van der Waals surface area contributed by atoms with E-state index in [1.165, 1.54) is 6.92 Å². The van der Waals surface area contributed by atoms with Crippen molar-refractivity contribution in [3.8, 4) is 0 Å². The minimum Gasteiger partial charge on any atom is -0.463 e. The van der Waals surface area contributed by atoms with Crippen molar-refractivity contribution in [3.05, 3.63) is 27.8 Å². The molecule has 0 bridgehead atoms. The van der Waals surface area contributed by atoms with Crippen LogP contribution in [0.3, 0.4) is 0 Å². The fourth-order valence-corrected chi connectivity index (χ4v) is 3.72. The van der Waals surface area contributed by atoms with Crippen LogP contribution in [0.2, 0.25) is 0 Å². The zero-order valence-electron chi connectivity index (χ0n) is 18.9. The van der Waals surface area contributed by atoms with Crippen molar-refractivity contribution in [3.63, 3.8) is 0 Å². The number of carbonyl (C=O) groups excluding carboxylic acids is 5. The van der Waals surface area contributed by atoms with E-state index in [9.17, 15) is 24.0 Å². The molecule has 12 nitrogen and oxygen atoms in total. The van der Waals surface area contributed by atoms with Gasteiger partial charge in [0, 0.05) is 31.3 Å². The van der Waals surface area contributed by atoms with Gasteiger partial charge >= 0.3 is 29.9 Å². The molecule has 1 aromatic carbocycles. The summed E-state index contributed by atoms with van der Waals surface area (Å²) in [5, 5.41) is 5.16. The number of anilines is 1. The Morgan fingerprint density at radius 2 is 1.41 bits per heavy atom. The van der Waals surface area contributed by atoms with Gasteiger partial charge in [0.15, 0.2) is 24.5 Å². The molecule has 2 rings (SSSR count). The number of halogens is 1. The van der Waals surface area contributed by atoms with Crippen molar-refractivity contribution < 1.29 is 47.7 Å². The first-order valence-electron chi connectivity index (χ1n) is 10.1. The van der Waals surface area contributed by atoms with E-state index in [0.29, 0.717) is 5.69 Å². The van der Waals surface area contributed by atoms with Gasteiger partial charge in [-0.1, -0.05) is 12.1 Å². The molecule has 1 aliphatic heterocycles. The Balaban J connectivity index is 2.37. The Kier molecular flexibility index (Phi) is 10.0. The van der Waals surface area contributed by atoms with Crippen LogP contribution in [0.15, 0.2) is 24.3 Å². The number of carbonyl (C=O) groups is 5. The standard InChI is InChI=1S/C21H25IN2O10/c1-10(25)30-9-16-17(31-11(2)26)18(32-12(3)27)19(33-13(4)28)20(34-16)24-21(29)23-15-8-6-5-7-14(15)22/h5-8,16-20H,9H2,1-4H3,(H2,23,24,29)/t16-,17-,18-,19+,20-/m0/s1. The summed E-state index contributed by atoms with van der Waals surface area (Å²) < 4.78 is 27.5. The molecule has 1 aromatic rings. The van der Waals surface area contributed by atoms with Crippen molar-refractivity contribution in [1.82, 2.24) is 5.32 Å². The first-order valence-corrected chi connectivity index (χ1v) is 11.2. The molecule has 1 fully saturated rings. The number of para-hydroxylation sites is 1. The maximum atomic E-state index is 12.7. The summed E-state index contributed by atoms with van der Waals surface area (Å²) in [5.74, 6) is -2.93. The molecular formula is C21H25IN2O10. The second-order valence-electron chi connectivity index (χ2n) is 7.20. The molecule has 0 saturated carbocycles. The van der Waals surface area contributed by atoms with Gasteiger partial charge in [-0.2, -0.15) is 0 Å². The van der Waals surface area contributed by atoms with Crippen LogP contribution in [0, 0.1) is 3.57 Å². The second-order valence-corrected chi connectivity index (χ2v) is 8.36. The van der Waals surface area contributed by atoms with E-state index >= 15 is 0 Å². The van der Waals surface area contributed by atoms with Crippen molar-refractivity contribution in [2.24, 2.45) is 0 Å². The molecule has 0 radical (unpaired) electrons. The largest absolute Gasteiger partial charge is 0.463 e. The van der Waals surface area contributed by atoms with E-state index < -0.39 is 67.2 Å². The molecule has 2 N–H and O–H groups in total. The Morgan fingerprint density at radius 3 is 1.97 bits per heavy atom. The van der Waals surface area contributed by atoms with E-state index in [1.54, 1.807) is 24.3 Å². The molecule has 0 unspecified atom stereocenters. The highest BCUT2D eigenvalue weighted by Crippen LogP contribution is 2.28. The minimum absolute atomic E-state index is 0.395. The molecule has 0 aliphatic carbocycles. The van der Waals surface area contributed by atoms with Crippen molar-refractivity contribution >= 4 is 58.2 Å². The maximum absolute atomic E-state index is 12.7. The summed E-state index contributed by atoms with van der Waals surface area (Å²) in [6.07, 6.45) is -6.59. The SMILES string of the molecule is CC(=O)OC[C@@H]1O[C@H](NC(=O)Nc2ccccc2I)[C@H](OC(C)=O)[C@@H](OC(C)=O)[C@H]1OC(C)=O. The molecular weight excluding hydrogens is 567 g/mol. The van der Waals surface area contributed by atoms with Crippen LogP contribution in [0.4, 0.5) is 10.5 Å². The molecule has 2 amide bonds. The lowest BCUT2D eigenvalue weighted by molar-refractivity contribution is -0.255. The summed E-state index contributed by atoms with van der Waals surface area (Å²) in [6.45, 7) is 4.11. The van der Waals surface area contributed by atoms with Crippen LogP contribution in [0.5, 0.6) is 0 Å².